The molecule has 0 saturated heterocycles. The summed E-state index contributed by atoms with van der Waals surface area (Å²) in [5.41, 5.74) is 7.90. The van der Waals surface area contributed by atoms with Crippen molar-refractivity contribution in [1.29, 1.82) is 0 Å². The molecule has 0 aliphatic heterocycles. The molecule has 0 saturated carbocycles. The molecule has 1 amide bonds. The van der Waals surface area contributed by atoms with E-state index in [1.807, 2.05) is 19.1 Å². The fourth-order valence-corrected chi connectivity index (χ4v) is 2.35. The Labute approximate surface area is 144 Å². The molecule has 1 atom stereocenters. The van der Waals surface area contributed by atoms with E-state index >= 15 is 0 Å². The zero-order valence-electron chi connectivity index (χ0n) is 13.9. The summed E-state index contributed by atoms with van der Waals surface area (Å²) in [6, 6.07) is 12.0. The van der Waals surface area contributed by atoms with E-state index in [0.717, 1.165) is 5.56 Å². The minimum atomic E-state index is -4.79. The van der Waals surface area contributed by atoms with Gasteiger partial charge in [-0.15, -0.1) is 13.2 Å². The van der Waals surface area contributed by atoms with Gasteiger partial charge in [-0.3, -0.25) is 4.79 Å². The summed E-state index contributed by atoms with van der Waals surface area (Å²) in [6.07, 6.45) is -4.79. The average molecular weight is 352 g/mol. The van der Waals surface area contributed by atoms with Crippen LogP contribution in [0.1, 0.15) is 22.7 Å². The number of rotatable bonds is 5. The zero-order chi connectivity index (χ0) is 18.6. The summed E-state index contributed by atoms with van der Waals surface area (Å²) in [5, 5.41) is 0. The predicted octanol–water partition coefficient (Wildman–Crippen LogP) is 3.55. The molecule has 0 heterocycles. The van der Waals surface area contributed by atoms with Gasteiger partial charge in [-0.25, -0.2) is 0 Å². The van der Waals surface area contributed by atoms with Crippen molar-refractivity contribution in [1.82, 2.24) is 4.90 Å². The molecule has 2 aromatic carbocycles. The van der Waals surface area contributed by atoms with E-state index in [-0.39, 0.29) is 17.9 Å². The number of nitrogens with zero attached hydrogens (tertiary/aromatic N) is 1. The van der Waals surface area contributed by atoms with Gasteiger partial charge in [0.25, 0.3) is 0 Å². The summed E-state index contributed by atoms with van der Waals surface area (Å²) in [5.74, 6) is -0.732. The summed E-state index contributed by atoms with van der Waals surface area (Å²) in [6.45, 7) is 1.87. The lowest BCUT2D eigenvalue weighted by molar-refractivity contribution is -0.275. The number of hydrogen-bond acceptors (Lipinski definition) is 3. The Morgan fingerprint density at radius 3 is 2.36 bits per heavy atom. The lowest BCUT2D eigenvalue weighted by Gasteiger charge is -2.23. The molecule has 2 N–H and O–H groups in total. The highest BCUT2D eigenvalue weighted by Crippen LogP contribution is 2.27. The van der Waals surface area contributed by atoms with Gasteiger partial charge < -0.3 is 15.4 Å². The molecular weight excluding hydrogens is 333 g/mol. The number of alkyl halides is 3. The Morgan fingerprint density at radius 1 is 1.16 bits per heavy atom. The third kappa shape index (κ3) is 5.22. The van der Waals surface area contributed by atoms with Crippen molar-refractivity contribution in [2.24, 2.45) is 5.73 Å². The van der Waals surface area contributed by atoms with E-state index in [1.54, 1.807) is 18.2 Å². The second-order valence-corrected chi connectivity index (χ2v) is 5.74. The molecule has 0 bridgehead atoms. The highest BCUT2D eigenvalue weighted by atomic mass is 19.4. The lowest BCUT2D eigenvalue weighted by Crippen LogP contribution is -2.35. The first-order valence-corrected chi connectivity index (χ1v) is 7.58. The first-order chi connectivity index (χ1) is 11.7. The molecule has 0 fully saturated rings. The number of carbonyl (C=O) groups is 1. The van der Waals surface area contributed by atoms with Crippen LogP contribution in [0.25, 0.3) is 0 Å². The highest BCUT2D eigenvalue weighted by Gasteiger charge is 2.32. The molecule has 2 rings (SSSR count). The van der Waals surface area contributed by atoms with Crippen LogP contribution in [0.2, 0.25) is 0 Å². The van der Waals surface area contributed by atoms with Gasteiger partial charge in [0.05, 0.1) is 0 Å². The maximum atomic E-state index is 12.5. The number of hydrogen-bond donors (Lipinski definition) is 1. The smallest absolute Gasteiger partial charge is 0.405 e. The van der Waals surface area contributed by atoms with Crippen molar-refractivity contribution >= 4 is 5.91 Å². The molecule has 0 aliphatic carbocycles. The summed E-state index contributed by atoms with van der Waals surface area (Å²) in [4.78, 5) is 13.7. The Bertz CT molecular complexity index is 730. The quantitative estimate of drug-likeness (QED) is 0.895. The monoisotopic (exact) mass is 352 g/mol. The largest absolute Gasteiger partial charge is 0.573 e. The second kappa shape index (κ2) is 7.57. The molecule has 25 heavy (non-hydrogen) atoms. The van der Waals surface area contributed by atoms with Crippen LogP contribution in [0, 0.1) is 6.92 Å². The molecule has 0 spiro atoms. The maximum Gasteiger partial charge on any atom is 0.573 e. The molecule has 134 valence electrons. The maximum absolute atomic E-state index is 12.5. The van der Waals surface area contributed by atoms with Crippen LogP contribution in [-0.2, 0) is 11.3 Å². The van der Waals surface area contributed by atoms with E-state index in [2.05, 4.69) is 4.74 Å². The first kappa shape index (κ1) is 18.8. The Balaban J connectivity index is 2.12. The van der Waals surface area contributed by atoms with Crippen LogP contribution in [0.3, 0.4) is 0 Å². The molecular formula is C18H19F3N2O2. The van der Waals surface area contributed by atoms with Gasteiger partial charge in [-0.1, -0.05) is 48.0 Å². The number of halogens is 3. The van der Waals surface area contributed by atoms with Crippen LogP contribution in [0.15, 0.2) is 48.5 Å². The SMILES string of the molecule is Cc1ccc(C(N)C(=O)N(C)Cc2ccccc2OC(F)(F)F)cc1. The first-order valence-electron chi connectivity index (χ1n) is 7.58. The fourth-order valence-electron chi connectivity index (χ4n) is 2.35. The molecule has 1 unspecified atom stereocenters. The van der Waals surface area contributed by atoms with E-state index in [9.17, 15) is 18.0 Å². The topological polar surface area (TPSA) is 55.6 Å². The average Bonchev–Trinajstić information content (AvgIpc) is 2.54. The zero-order valence-corrected chi connectivity index (χ0v) is 13.9. The van der Waals surface area contributed by atoms with Gasteiger partial charge in [0, 0.05) is 19.2 Å². The van der Waals surface area contributed by atoms with Gasteiger partial charge in [0.15, 0.2) is 0 Å². The van der Waals surface area contributed by atoms with E-state index in [1.165, 1.54) is 30.1 Å². The minimum Gasteiger partial charge on any atom is -0.405 e. The van der Waals surface area contributed by atoms with Crippen molar-refractivity contribution in [3.63, 3.8) is 0 Å². The third-order valence-electron chi connectivity index (χ3n) is 3.68. The Morgan fingerprint density at radius 2 is 1.76 bits per heavy atom. The highest BCUT2D eigenvalue weighted by molar-refractivity contribution is 5.82. The van der Waals surface area contributed by atoms with Crippen LogP contribution in [0.5, 0.6) is 5.75 Å². The molecule has 4 nitrogen and oxygen atoms in total. The van der Waals surface area contributed by atoms with Crippen LogP contribution in [0.4, 0.5) is 13.2 Å². The number of nitrogens with two attached hydrogens (primary N) is 1. The van der Waals surface area contributed by atoms with Crippen LogP contribution < -0.4 is 10.5 Å². The van der Waals surface area contributed by atoms with Crippen LogP contribution in [-0.4, -0.2) is 24.2 Å². The third-order valence-corrected chi connectivity index (χ3v) is 3.68. The summed E-state index contributed by atoms with van der Waals surface area (Å²) in [7, 11) is 1.49. The lowest BCUT2D eigenvalue weighted by atomic mass is 10.0. The van der Waals surface area contributed by atoms with Gasteiger partial charge in [-0.05, 0) is 18.6 Å². The van der Waals surface area contributed by atoms with E-state index < -0.39 is 18.3 Å². The Kier molecular flexibility index (Phi) is 5.69. The predicted molar refractivity (Wildman–Crippen MR) is 87.7 cm³/mol. The number of para-hydroxylation sites is 1. The number of likely N-dealkylation sites (N-methyl/N-ethyl adjacent to an activating group) is 1. The standard InChI is InChI=1S/C18H19F3N2O2/c1-12-7-9-13(10-8-12)16(22)17(24)23(2)11-14-5-3-4-6-15(14)25-18(19,20)21/h3-10,16H,11,22H2,1-2H3. The molecule has 0 radical (unpaired) electrons. The Hall–Kier alpha value is -2.54. The van der Waals surface area contributed by atoms with Crippen LogP contribution >= 0.6 is 0 Å². The van der Waals surface area contributed by atoms with Crippen molar-refractivity contribution in [3.8, 4) is 5.75 Å². The number of carbonyl (C=O) groups excluding carboxylic acids is 1. The molecule has 7 heteroatoms. The molecule has 0 aromatic heterocycles. The van der Waals surface area contributed by atoms with Gasteiger partial charge >= 0.3 is 6.36 Å². The molecule has 2 aromatic rings. The van der Waals surface area contributed by atoms with E-state index in [4.69, 9.17) is 5.73 Å². The number of amides is 1. The van der Waals surface area contributed by atoms with E-state index in [0.29, 0.717) is 5.56 Å². The van der Waals surface area contributed by atoms with Gasteiger partial charge in [0.2, 0.25) is 5.91 Å². The number of ether oxygens (including phenoxy) is 1. The normalized spacial score (nSPS) is 12.6. The van der Waals surface area contributed by atoms with Crippen molar-refractivity contribution < 1.29 is 22.7 Å². The minimum absolute atomic E-state index is 0.0509. The van der Waals surface area contributed by atoms with Crippen molar-refractivity contribution in [2.45, 2.75) is 25.9 Å². The summed E-state index contributed by atoms with van der Waals surface area (Å²) < 4.78 is 41.4. The number of benzene rings is 2. The van der Waals surface area contributed by atoms with Gasteiger partial charge in [-0.2, -0.15) is 0 Å². The van der Waals surface area contributed by atoms with Crippen molar-refractivity contribution in [3.05, 3.63) is 65.2 Å². The van der Waals surface area contributed by atoms with Gasteiger partial charge in [0.1, 0.15) is 11.8 Å². The summed E-state index contributed by atoms with van der Waals surface area (Å²) >= 11 is 0. The fraction of sp³-hybridized carbons (Fsp3) is 0.278. The molecule has 0 aliphatic rings. The number of aryl methyl sites for hydroxylation is 1. The second-order valence-electron chi connectivity index (χ2n) is 5.74. The van der Waals surface area contributed by atoms with Crippen molar-refractivity contribution in [2.75, 3.05) is 7.05 Å².